The van der Waals surface area contributed by atoms with Gasteiger partial charge in [0.25, 0.3) is 11.8 Å². The zero-order valence-corrected chi connectivity index (χ0v) is 17.3. The van der Waals surface area contributed by atoms with E-state index < -0.39 is 29.9 Å². The molecule has 0 bridgehead atoms. The summed E-state index contributed by atoms with van der Waals surface area (Å²) in [5.74, 6) is -2.48. The maximum absolute atomic E-state index is 12.7. The second-order valence-corrected chi connectivity index (χ2v) is 7.33. The van der Waals surface area contributed by atoms with Gasteiger partial charge in [-0.2, -0.15) is 0 Å². The third-order valence-electron chi connectivity index (χ3n) is 4.51. The SMILES string of the molecule is Cc1ccc(Oc2ncc(CN3CCC(O)=C(C(=O)NCC(=O)O)C3=O)cc2Cl)cc1. The standard InChI is InChI=1S/C21H20ClN3O6/c1-12-2-4-14(5-3-12)31-20-15(22)8-13(9-24-20)11-25-7-6-16(26)18(21(25)30)19(29)23-10-17(27)28/h2-5,8-9,26H,6-7,10-11H2,1H3,(H,23,29)(H,27,28). The highest BCUT2D eigenvalue weighted by atomic mass is 35.5. The molecule has 9 nitrogen and oxygen atoms in total. The van der Waals surface area contributed by atoms with Gasteiger partial charge < -0.3 is 25.2 Å². The van der Waals surface area contributed by atoms with Crippen molar-refractivity contribution in [2.24, 2.45) is 0 Å². The average molecular weight is 446 g/mol. The molecule has 3 N–H and O–H groups in total. The Balaban J connectivity index is 1.70. The number of halogens is 1. The number of nitrogens with one attached hydrogen (secondary N) is 1. The van der Waals surface area contributed by atoms with Crippen LogP contribution in [0.1, 0.15) is 17.5 Å². The minimum atomic E-state index is -1.26. The van der Waals surface area contributed by atoms with Crippen molar-refractivity contribution in [2.45, 2.75) is 19.9 Å². The summed E-state index contributed by atoms with van der Waals surface area (Å²) in [6, 6.07) is 8.99. The van der Waals surface area contributed by atoms with Crippen molar-refractivity contribution < 1.29 is 29.3 Å². The number of benzene rings is 1. The lowest BCUT2D eigenvalue weighted by Crippen LogP contribution is -2.43. The summed E-state index contributed by atoms with van der Waals surface area (Å²) in [5, 5.41) is 21.0. The second-order valence-electron chi connectivity index (χ2n) is 6.92. The van der Waals surface area contributed by atoms with Crippen LogP contribution in [0.3, 0.4) is 0 Å². The van der Waals surface area contributed by atoms with E-state index in [0.717, 1.165) is 5.56 Å². The Morgan fingerprint density at radius 2 is 2.00 bits per heavy atom. The lowest BCUT2D eigenvalue weighted by molar-refractivity contribution is -0.138. The van der Waals surface area contributed by atoms with E-state index in [1.165, 1.54) is 11.1 Å². The molecule has 2 amide bonds. The molecule has 1 aromatic carbocycles. The van der Waals surface area contributed by atoms with E-state index in [1.54, 1.807) is 18.2 Å². The van der Waals surface area contributed by atoms with Crippen LogP contribution < -0.4 is 10.1 Å². The van der Waals surface area contributed by atoms with Crippen LogP contribution in [0.25, 0.3) is 0 Å². The zero-order valence-electron chi connectivity index (χ0n) is 16.6. The fraction of sp³-hybridized carbons (Fsp3) is 0.238. The molecule has 0 atom stereocenters. The van der Waals surface area contributed by atoms with Crippen LogP contribution in [0.15, 0.2) is 47.9 Å². The van der Waals surface area contributed by atoms with Gasteiger partial charge in [-0.05, 0) is 30.7 Å². The first-order valence-corrected chi connectivity index (χ1v) is 9.72. The van der Waals surface area contributed by atoms with E-state index in [4.69, 9.17) is 21.4 Å². The van der Waals surface area contributed by atoms with E-state index in [2.05, 4.69) is 10.3 Å². The van der Waals surface area contributed by atoms with Crippen LogP contribution in [-0.4, -0.2) is 51.0 Å². The third kappa shape index (κ3) is 5.52. The zero-order chi connectivity index (χ0) is 22.5. The molecule has 31 heavy (non-hydrogen) atoms. The number of aliphatic carboxylic acids is 1. The first kappa shape index (κ1) is 22.1. The van der Waals surface area contributed by atoms with Gasteiger partial charge in [0.15, 0.2) is 0 Å². The number of pyridine rings is 1. The minimum absolute atomic E-state index is 0.0668. The number of carbonyl (C=O) groups is 3. The summed E-state index contributed by atoms with van der Waals surface area (Å²) in [5.41, 5.74) is 1.22. The number of aromatic nitrogens is 1. The van der Waals surface area contributed by atoms with Crippen LogP contribution in [0, 0.1) is 6.92 Å². The topological polar surface area (TPSA) is 129 Å². The lowest BCUT2D eigenvalue weighted by atomic mass is 10.1. The van der Waals surface area contributed by atoms with Crippen LogP contribution >= 0.6 is 11.6 Å². The summed E-state index contributed by atoms with van der Waals surface area (Å²) >= 11 is 6.28. The minimum Gasteiger partial charge on any atom is -0.511 e. The quantitative estimate of drug-likeness (QED) is 0.558. The monoisotopic (exact) mass is 445 g/mol. The van der Waals surface area contributed by atoms with Crippen molar-refractivity contribution in [2.75, 3.05) is 13.1 Å². The first-order valence-electron chi connectivity index (χ1n) is 9.35. The number of aryl methyl sites for hydroxylation is 1. The predicted octanol–water partition coefficient (Wildman–Crippen LogP) is 2.58. The maximum atomic E-state index is 12.7. The van der Waals surface area contributed by atoms with E-state index in [9.17, 15) is 19.5 Å². The molecule has 1 aliphatic heterocycles. The van der Waals surface area contributed by atoms with Crippen LogP contribution in [0.2, 0.25) is 5.02 Å². The summed E-state index contributed by atoms with van der Waals surface area (Å²) in [4.78, 5) is 41.0. The third-order valence-corrected chi connectivity index (χ3v) is 4.78. The highest BCUT2D eigenvalue weighted by molar-refractivity contribution is 6.31. The fourth-order valence-electron chi connectivity index (χ4n) is 2.94. The highest BCUT2D eigenvalue weighted by Crippen LogP contribution is 2.29. The molecule has 2 heterocycles. The molecule has 1 aliphatic rings. The van der Waals surface area contributed by atoms with Gasteiger partial charge in [0.1, 0.15) is 28.6 Å². The fourth-order valence-corrected chi connectivity index (χ4v) is 3.16. The molecule has 0 saturated heterocycles. The van der Waals surface area contributed by atoms with Crippen LogP contribution in [0.4, 0.5) is 0 Å². The second kappa shape index (κ2) is 9.48. The molecule has 0 aliphatic carbocycles. The van der Waals surface area contributed by atoms with Gasteiger partial charge in [0.05, 0.1) is 0 Å². The molecule has 162 valence electrons. The molecule has 1 aromatic heterocycles. The molecule has 0 unspecified atom stereocenters. The van der Waals surface area contributed by atoms with Crippen molar-refractivity contribution >= 4 is 29.4 Å². The molecule has 2 aromatic rings. The van der Waals surface area contributed by atoms with Crippen molar-refractivity contribution in [3.05, 3.63) is 64.0 Å². The Morgan fingerprint density at radius 1 is 1.29 bits per heavy atom. The largest absolute Gasteiger partial charge is 0.511 e. The van der Waals surface area contributed by atoms with Crippen molar-refractivity contribution in [1.82, 2.24) is 15.2 Å². The molecule has 10 heteroatoms. The Morgan fingerprint density at radius 3 is 2.65 bits per heavy atom. The molecular weight excluding hydrogens is 426 g/mol. The van der Waals surface area contributed by atoms with Gasteiger partial charge in [-0.15, -0.1) is 0 Å². The van der Waals surface area contributed by atoms with Gasteiger partial charge in [-0.1, -0.05) is 29.3 Å². The van der Waals surface area contributed by atoms with Gasteiger partial charge in [0.2, 0.25) is 5.88 Å². The van der Waals surface area contributed by atoms with Gasteiger partial charge in [-0.3, -0.25) is 14.4 Å². The molecule has 0 fully saturated rings. The predicted molar refractivity (Wildman–Crippen MR) is 111 cm³/mol. The smallest absolute Gasteiger partial charge is 0.322 e. The molecule has 0 spiro atoms. The molecule has 0 saturated carbocycles. The van der Waals surface area contributed by atoms with Crippen molar-refractivity contribution in [1.29, 1.82) is 0 Å². The highest BCUT2D eigenvalue weighted by Gasteiger charge is 2.32. The van der Waals surface area contributed by atoms with E-state index in [-0.39, 0.29) is 36.2 Å². The number of hydrogen-bond acceptors (Lipinski definition) is 6. The summed E-state index contributed by atoms with van der Waals surface area (Å²) < 4.78 is 5.67. The number of amides is 2. The number of hydrogen-bond donors (Lipinski definition) is 3. The summed E-state index contributed by atoms with van der Waals surface area (Å²) in [7, 11) is 0. The Hall–Kier alpha value is -3.59. The summed E-state index contributed by atoms with van der Waals surface area (Å²) in [6.45, 7) is 1.58. The van der Waals surface area contributed by atoms with Gasteiger partial charge in [-0.25, -0.2) is 4.98 Å². The van der Waals surface area contributed by atoms with E-state index in [0.29, 0.717) is 11.3 Å². The Kier molecular flexibility index (Phi) is 6.76. The maximum Gasteiger partial charge on any atom is 0.322 e. The number of carboxylic acid groups (broad SMARTS) is 1. The average Bonchev–Trinajstić information content (AvgIpc) is 2.72. The molecule has 0 radical (unpaired) electrons. The van der Waals surface area contributed by atoms with Crippen LogP contribution in [0.5, 0.6) is 11.6 Å². The van der Waals surface area contributed by atoms with Crippen LogP contribution in [-0.2, 0) is 20.9 Å². The Bertz CT molecular complexity index is 1050. The van der Waals surface area contributed by atoms with Gasteiger partial charge >= 0.3 is 5.97 Å². The number of carbonyl (C=O) groups excluding carboxylic acids is 2. The number of aliphatic hydroxyl groups is 1. The first-order chi connectivity index (χ1) is 14.7. The number of rotatable bonds is 7. The van der Waals surface area contributed by atoms with E-state index >= 15 is 0 Å². The number of nitrogens with zero attached hydrogens (tertiary/aromatic N) is 2. The normalized spacial score (nSPS) is 13.9. The lowest BCUT2D eigenvalue weighted by Gasteiger charge is -2.28. The molecule has 3 rings (SSSR count). The number of ether oxygens (including phenoxy) is 1. The van der Waals surface area contributed by atoms with E-state index in [1.807, 2.05) is 19.1 Å². The molecular formula is C21H20ClN3O6. The number of aliphatic hydroxyl groups excluding tert-OH is 1. The van der Waals surface area contributed by atoms with Gasteiger partial charge in [0, 0.05) is 25.7 Å². The van der Waals surface area contributed by atoms with Crippen molar-refractivity contribution in [3.8, 4) is 11.6 Å². The summed E-state index contributed by atoms with van der Waals surface area (Å²) in [6.07, 6.45) is 1.57. The van der Waals surface area contributed by atoms with Crippen molar-refractivity contribution in [3.63, 3.8) is 0 Å². The number of carboxylic acids is 1. The Labute approximate surface area is 182 Å².